The Bertz CT molecular complexity index is 781. The summed E-state index contributed by atoms with van der Waals surface area (Å²) in [6, 6.07) is 10.5. The number of hydrogen-bond acceptors (Lipinski definition) is 4. The Labute approximate surface area is 180 Å². The minimum atomic E-state index is 0. The second-order valence-corrected chi connectivity index (χ2v) is 7.91. The van der Waals surface area contributed by atoms with Gasteiger partial charge in [-0.3, -0.25) is 4.99 Å². The number of benzene rings is 1. The fourth-order valence-electron chi connectivity index (χ4n) is 2.62. The molecule has 0 amide bonds. The summed E-state index contributed by atoms with van der Waals surface area (Å²) in [5, 5.41) is 12.3. The minimum absolute atomic E-state index is 0. The second kappa shape index (κ2) is 10.8. The van der Waals surface area contributed by atoms with Crippen LogP contribution in [0.15, 0.2) is 46.1 Å². The highest BCUT2D eigenvalue weighted by atomic mass is 127. The Morgan fingerprint density at radius 1 is 1.23 bits per heavy atom. The molecule has 2 heterocycles. The Balaban J connectivity index is 0.00000243. The third-order valence-electron chi connectivity index (χ3n) is 4.11. The van der Waals surface area contributed by atoms with Crippen LogP contribution in [0.4, 0.5) is 0 Å². The lowest BCUT2D eigenvalue weighted by atomic mass is 10.1. The standard InChI is InChI=1S/C19H24N4S2.HI/c1-14(15-9-11-24-13-15)12-22-19(20-2)21-10-5-8-18-23-16-6-3-4-7-17(16)25-18;/h3-4,6-7,9,11,13-14H,5,8,10,12H2,1-2H3,(H2,20,21,22);1H. The van der Waals surface area contributed by atoms with E-state index in [-0.39, 0.29) is 24.0 Å². The van der Waals surface area contributed by atoms with Gasteiger partial charge in [0.05, 0.1) is 15.2 Å². The Kier molecular flexibility index (Phi) is 8.80. The molecule has 0 fully saturated rings. The molecule has 2 aromatic heterocycles. The number of halogens is 1. The molecule has 7 heteroatoms. The summed E-state index contributed by atoms with van der Waals surface area (Å²) in [6.45, 7) is 4.01. The molecule has 0 bridgehead atoms. The van der Waals surface area contributed by atoms with Crippen molar-refractivity contribution in [3.05, 3.63) is 51.7 Å². The van der Waals surface area contributed by atoms with Crippen molar-refractivity contribution in [2.45, 2.75) is 25.7 Å². The predicted molar refractivity (Wildman–Crippen MR) is 125 cm³/mol. The summed E-state index contributed by atoms with van der Waals surface area (Å²) < 4.78 is 1.27. The van der Waals surface area contributed by atoms with Crippen molar-refractivity contribution in [1.82, 2.24) is 15.6 Å². The molecule has 0 saturated carbocycles. The minimum Gasteiger partial charge on any atom is -0.356 e. The zero-order valence-electron chi connectivity index (χ0n) is 15.1. The van der Waals surface area contributed by atoms with Gasteiger partial charge in [0.2, 0.25) is 0 Å². The summed E-state index contributed by atoms with van der Waals surface area (Å²) in [5.41, 5.74) is 2.49. The number of guanidine groups is 1. The van der Waals surface area contributed by atoms with Gasteiger partial charge >= 0.3 is 0 Å². The third kappa shape index (κ3) is 5.92. The first-order chi connectivity index (χ1) is 12.3. The molecular formula is C19H25IN4S2. The van der Waals surface area contributed by atoms with Gasteiger partial charge in [-0.15, -0.1) is 35.3 Å². The van der Waals surface area contributed by atoms with Crippen LogP contribution in [0, 0.1) is 0 Å². The molecule has 0 aliphatic rings. The maximum atomic E-state index is 4.68. The lowest BCUT2D eigenvalue weighted by Crippen LogP contribution is -2.39. The van der Waals surface area contributed by atoms with Crippen molar-refractivity contribution in [2.75, 3.05) is 20.1 Å². The van der Waals surface area contributed by atoms with Crippen molar-refractivity contribution in [3.63, 3.8) is 0 Å². The van der Waals surface area contributed by atoms with Crippen molar-refractivity contribution in [3.8, 4) is 0 Å². The smallest absolute Gasteiger partial charge is 0.190 e. The molecule has 1 unspecified atom stereocenters. The molecule has 3 aromatic rings. The van der Waals surface area contributed by atoms with Crippen LogP contribution in [-0.4, -0.2) is 31.1 Å². The number of nitrogens with one attached hydrogen (secondary N) is 2. The molecule has 26 heavy (non-hydrogen) atoms. The maximum absolute atomic E-state index is 4.68. The molecule has 1 atom stereocenters. The van der Waals surface area contributed by atoms with Crippen LogP contribution in [-0.2, 0) is 6.42 Å². The first-order valence-electron chi connectivity index (χ1n) is 8.57. The maximum Gasteiger partial charge on any atom is 0.190 e. The van der Waals surface area contributed by atoms with E-state index < -0.39 is 0 Å². The van der Waals surface area contributed by atoms with E-state index >= 15 is 0 Å². The van der Waals surface area contributed by atoms with Crippen molar-refractivity contribution < 1.29 is 0 Å². The van der Waals surface area contributed by atoms with Gasteiger partial charge in [-0.25, -0.2) is 4.98 Å². The Hall–Kier alpha value is -1.19. The highest BCUT2D eigenvalue weighted by Crippen LogP contribution is 2.22. The molecule has 140 valence electrons. The average Bonchev–Trinajstić information content (AvgIpc) is 3.30. The fraction of sp³-hybridized carbons (Fsp3) is 0.368. The number of nitrogens with zero attached hydrogens (tertiary/aromatic N) is 2. The first-order valence-corrected chi connectivity index (χ1v) is 10.3. The van der Waals surface area contributed by atoms with E-state index in [0.717, 1.165) is 37.4 Å². The van der Waals surface area contributed by atoms with E-state index in [9.17, 15) is 0 Å². The van der Waals surface area contributed by atoms with E-state index in [0.29, 0.717) is 5.92 Å². The first kappa shape index (κ1) is 21.1. The largest absolute Gasteiger partial charge is 0.356 e. The average molecular weight is 500 g/mol. The topological polar surface area (TPSA) is 49.3 Å². The quantitative estimate of drug-likeness (QED) is 0.211. The zero-order valence-corrected chi connectivity index (χ0v) is 19.0. The van der Waals surface area contributed by atoms with E-state index in [4.69, 9.17) is 0 Å². The van der Waals surface area contributed by atoms with E-state index in [1.165, 1.54) is 15.3 Å². The molecule has 0 radical (unpaired) electrons. The number of thiophene rings is 1. The number of thiazole rings is 1. The lowest BCUT2D eigenvalue weighted by molar-refractivity contribution is 0.689. The van der Waals surface area contributed by atoms with Gasteiger partial charge < -0.3 is 10.6 Å². The Morgan fingerprint density at radius 2 is 2.08 bits per heavy atom. The number of para-hydroxylation sites is 1. The highest BCUT2D eigenvalue weighted by molar-refractivity contribution is 14.0. The molecule has 0 aliphatic heterocycles. The van der Waals surface area contributed by atoms with Crippen LogP contribution < -0.4 is 10.6 Å². The van der Waals surface area contributed by atoms with Crippen molar-refractivity contribution in [2.24, 2.45) is 4.99 Å². The number of aromatic nitrogens is 1. The monoisotopic (exact) mass is 500 g/mol. The molecule has 3 rings (SSSR count). The summed E-state index contributed by atoms with van der Waals surface area (Å²) in [7, 11) is 1.82. The lowest BCUT2D eigenvalue weighted by Gasteiger charge is -2.15. The van der Waals surface area contributed by atoms with Gasteiger partial charge in [0, 0.05) is 26.6 Å². The number of fused-ring (bicyclic) bond motifs is 1. The van der Waals surface area contributed by atoms with Crippen LogP contribution >= 0.6 is 46.7 Å². The molecule has 0 saturated heterocycles. The van der Waals surface area contributed by atoms with E-state index in [2.05, 4.69) is 62.6 Å². The molecule has 1 aromatic carbocycles. The SMILES string of the molecule is CN=C(NCCCc1nc2ccccc2s1)NCC(C)c1ccsc1.I. The van der Waals surface area contributed by atoms with Gasteiger partial charge in [-0.05, 0) is 46.9 Å². The van der Waals surface area contributed by atoms with Crippen molar-refractivity contribution in [1.29, 1.82) is 0 Å². The number of aliphatic imine (C=N–C) groups is 1. The number of rotatable bonds is 7. The van der Waals surface area contributed by atoms with Crippen molar-refractivity contribution >= 4 is 62.8 Å². The van der Waals surface area contributed by atoms with Crippen LogP contribution in [0.3, 0.4) is 0 Å². The van der Waals surface area contributed by atoms with Crippen LogP contribution in [0.2, 0.25) is 0 Å². The zero-order chi connectivity index (χ0) is 17.5. The highest BCUT2D eigenvalue weighted by Gasteiger charge is 2.07. The van der Waals surface area contributed by atoms with Crippen LogP contribution in [0.1, 0.15) is 29.8 Å². The molecule has 0 spiro atoms. The number of aryl methyl sites for hydroxylation is 1. The summed E-state index contributed by atoms with van der Waals surface area (Å²) in [5.74, 6) is 1.35. The predicted octanol–water partition coefficient (Wildman–Crippen LogP) is 4.88. The molecular weight excluding hydrogens is 475 g/mol. The molecule has 2 N–H and O–H groups in total. The van der Waals surface area contributed by atoms with Gasteiger partial charge in [0.1, 0.15) is 0 Å². The van der Waals surface area contributed by atoms with Gasteiger partial charge in [-0.1, -0.05) is 19.1 Å². The second-order valence-electron chi connectivity index (χ2n) is 6.02. The summed E-state index contributed by atoms with van der Waals surface area (Å²) >= 11 is 3.54. The van der Waals surface area contributed by atoms with Gasteiger partial charge in [-0.2, -0.15) is 11.3 Å². The van der Waals surface area contributed by atoms with Crippen LogP contribution in [0.25, 0.3) is 10.2 Å². The Morgan fingerprint density at radius 3 is 2.81 bits per heavy atom. The third-order valence-corrected chi connectivity index (χ3v) is 5.91. The van der Waals surface area contributed by atoms with Gasteiger partial charge in [0.15, 0.2) is 5.96 Å². The van der Waals surface area contributed by atoms with Crippen LogP contribution in [0.5, 0.6) is 0 Å². The summed E-state index contributed by atoms with van der Waals surface area (Å²) in [4.78, 5) is 8.99. The van der Waals surface area contributed by atoms with E-state index in [1.807, 2.05) is 13.1 Å². The fourth-order valence-corrected chi connectivity index (χ4v) is 4.41. The van der Waals surface area contributed by atoms with Gasteiger partial charge in [0.25, 0.3) is 0 Å². The van der Waals surface area contributed by atoms with E-state index in [1.54, 1.807) is 22.7 Å². The number of hydrogen-bond donors (Lipinski definition) is 2. The molecule has 4 nitrogen and oxygen atoms in total. The molecule has 0 aliphatic carbocycles. The summed E-state index contributed by atoms with van der Waals surface area (Å²) in [6.07, 6.45) is 2.04. The normalized spacial score (nSPS) is 12.6.